The van der Waals surface area contributed by atoms with Gasteiger partial charge in [0.15, 0.2) is 0 Å². The smallest absolute Gasteiger partial charge is 0.0632 e. The van der Waals surface area contributed by atoms with Crippen LogP contribution in [0.25, 0.3) is 0 Å². The summed E-state index contributed by atoms with van der Waals surface area (Å²) in [5.74, 6) is 1.25. The summed E-state index contributed by atoms with van der Waals surface area (Å²) in [4.78, 5) is 0. The summed E-state index contributed by atoms with van der Waals surface area (Å²) in [5.41, 5.74) is 0. The molecule has 3 heteroatoms. The van der Waals surface area contributed by atoms with Gasteiger partial charge in [0.05, 0.1) is 17.7 Å². The van der Waals surface area contributed by atoms with Gasteiger partial charge in [0.1, 0.15) is 0 Å². The van der Waals surface area contributed by atoms with Crippen LogP contribution in [0.2, 0.25) is 0 Å². The second-order valence-electron chi connectivity index (χ2n) is 1.07. The van der Waals surface area contributed by atoms with Gasteiger partial charge >= 0.3 is 0 Å². The predicted octanol–water partition coefficient (Wildman–Crippen LogP) is 1.70. The summed E-state index contributed by atoms with van der Waals surface area (Å²) < 4.78 is 4.95. The summed E-state index contributed by atoms with van der Waals surface area (Å²) in [7, 11) is 1.79. The van der Waals surface area contributed by atoms with Crippen molar-refractivity contribution in [3.05, 3.63) is 0 Å². The molecule has 1 fully saturated rings. The maximum atomic E-state index is 4.95. The molecule has 0 aromatic carbocycles. The Hall–Kier alpha value is 0.660. The minimum Gasteiger partial charge on any atom is -0.305 e. The van der Waals surface area contributed by atoms with Gasteiger partial charge in [-0.3, -0.25) is 0 Å². The molecule has 1 nitrogen and oxygen atoms in total. The molecule has 1 aliphatic heterocycles. The van der Waals surface area contributed by atoms with Crippen molar-refractivity contribution >= 4 is 21.9 Å². The van der Waals surface area contributed by atoms with Crippen LogP contribution in [-0.4, -0.2) is 12.4 Å². The van der Waals surface area contributed by atoms with E-state index in [9.17, 15) is 0 Å². The molecule has 0 saturated carbocycles. The first-order valence-electron chi connectivity index (χ1n) is 1.91. The predicted molar refractivity (Wildman–Crippen MR) is 30.6 cm³/mol. The lowest BCUT2D eigenvalue weighted by molar-refractivity contribution is 0.377. The fourth-order valence-electron chi connectivity index (χ4n) is 0.279. The van der Waals surface area contributed by atoms with Crippen LogP contribution >= 0.6 is 21.9 Å². The Morgan fingerprint density at radius 1 is 1.50 bits per heavy atom. The molecule has 0 aromatic heterocycles. The first-order chi connectivity index (χ1) is 3.00. The first kappa shape index (κ1) is 4.81. The molecule has 36 valence electrons. The Kier molecular flexibility index (Phi) is 2.22. The highest BCUT2D eigenvalue weighted by Gasteiger charge is 1.97. The normalized spacial score (nSPS) is 24.0. The van der Waals surface area contributed by atoms with E-state index in [-0.39, 0.29) is 0 Å². The lowest BCUT2D eigenvalue weighted by Crippen LogP contribution is -1.92. The standard InChI is InChI=1S/C3H6OS2/c1-2-4-6-5-3-1/h1-3H2. The third kappa shape index (κ3) is 1.41. The van der Waals surface area contributed by atoms with Crippen LogP contribution in [0.15, 0.2) is 0 Å². The van der Waals surface area contributed by atoms with Gasteiger partial charge in [-0.15, -0.1) is 0 Å². The van der Waals surface area contributed by atoms with E-state index in [0.717, 1.165) is 6.61 Å². The van der Waals surface area contributed by atoms with Crippen molar-refractivity contribution < 1.29 is 4.18 Å². The van der Waals surface area contributed by atoms with Crippen LogP contribution in [0.5, 0.6) is 0 Å². The summed E-state index contributed by atoms with van der Waals surface area (Å²) >= 11 is 1.51. The minimum absolute atomic E-state index is 0.942. The highest BCUT2D eigenvalue weighted by molar-refractivity contribution is 8.74. The summed E-state index contributed by atoms with van der Waals surface area (Å²) in [6.07, 6.45) is 1.22. The molecule has 0 amide bonds. The van der Waals surface area contributed by atoms with Crippen LogP contribution in [0.4, 0.5) is 0 Å². The molecule has 1 rings (SSSR count). The fraction of sp³-hybridized carbons (Fsp3) is 1.00. The Balaban J connectivity index is 2.00. The van der Waals surface area contributed by atoms with E-state index in [4.69, 9.17) is 4.18 Å². The zero-order chi connectivity index (χ0) is 4.24. The van der Waals surface area contributed by atoms with Gasteiger partial charge in [0, 0.05) is 5.75 Å². The molecule has 6 heavy (non-hydrogen) atoms. The highest BCUT2D eigenvalue weighted by atomic mass is 33.1. The Labute approximate surface area is 45.4 Å². The average Bonchev–Trinajstić information content (AvgIpc) is 1.72. The molecule has 0 radical (unpaired) electrons. The van der Waals surface area contributed by atoms with E-state index in [1.807, 2.05) is 0 Å². The quantitative estimate of drug-likeness (QED) is 0.357. The van der Waals surface area contributed by atoms with Gasteiger partial charge in [0.2, 0.25) is 0 Å². The monoisotopic (exact) mass is 122 g/mol. The molecule has 0 N–H and O–H groups in total. The molecule has 1 heterocycles. The van der Waals surface area contributed by atoms with Crippen LogP contribution < -0.4 is 0 Å². The van der Waals surface area contributed by atoms with E-state index < -0.39 is 0 Å². The van der Waals surface area contributed by atoms with Crippen molar-refractivity contribution in [2.45, 2.75) is 6.42 Å². The molecule has 0 spiro atoms. The van der Waals surface area contributed by atoms with E-state index in [1.54, 1.807) is 10.8 Å². The summed E-state index contributed by atoms with van der Waals surface area (Å²) in [6.45, 7) is 0.942. The topological polar surface area (TPSA) is 9.23 Å². The summed E-state index contributed by atoms with van der Waals surface area (Å²) in [6, 6.07) is 0. The summed E-state index contributed by atoms with van der Waals surface area (Å²) in [5, 5.41) is 0. The van der Waals surface area contributed by atoms with Crippen LogP contribution in [-0.2, 0) is 4.18 Å². The van der Waals surface area contributed by atoms with Crippen molar-refractivity contribution in [3.8, 4) is 0 Å². The third-order valence-electron chi connectivity index (χ3n) is 0.552. The molecule has 0 atom stereocenters. The fourth-order valence-corrected chi connectivity index (χ4v) is 1.80. The van der Waals surface area contributed by atoms with Crippen molar-refractivity contribution in [3.63, 3.8) is 0 Å². The van der Waals surface area contributed by atoms with Crippen molar-refractivity contribution in [2.24, 2.45) is 0 Å². The molecule has 0 unspecified atom stereocenters. The van der Waals surface area contributed by atoms with Crippen LogP contribution in [0, 0.1) is 0 Å². The van der Waals surface area contributed by atoms with Gasteiger partial charge in [-0.25, -0.2) is 0 Å². The molecule has 0 bridgehead atoms. The zero-order valence-corrected chi connectivity index (χ0v) is 4.98. The van der Waals surface area contributed by atoms with Crippen molar-refractivity contribution in [1.82, 2.24) is 0 Å². The SMILES string of the molecule is C1COSSC1. The maximum Gasteiger partial charge on any atom is 0.0632 e. The minimum atomic E-state index is 0.942. The Morgan fingerprint density at radius 3 is 2.67 bits per heavy atom. The zero-order valence-electron chi connectivity index (χ0n) is 3.35. The van der Waals surface area contributed by atoms with Gasteiger partial charge in [0.25, 0.3) is 0 Å². The molecular formula is C3H6OS2. The molecule has 1 aliphatic rings. The van der Waals surface area contributed by atoms with Gasteiger partial charge in [-0.2, -0.15) is 0 Å². The molecular weight excluding hydrogens is 116 g/mol. The Bertz CT molecular complexity index is 24.3. The largest absolute Gasteiger partial charge is 0.305 e. The van der Waals surface area contributed by atoms with Gasteiger partial charge < -0.3 is 4.18 Å². The van der Waals surface area contributed by atoms with Crippen LogP contribution in [0.1, 0.15) is 6.42 Å². The number of hydrogen-bond acceptors (Lipinski definition) is 3. The maximum absolute atomic E-state index is 4.95. The molecule has 0 aromatic rings. The van der Waals surface area contributed by atoms with E-state index >= 15 is 0 Å². The average molecular weight is 122 g/mol. The second kappa shape index (κ2) is 2.77. The first-order valence-corrected chi connectivity index (χ1v) is 4.15. The number of hydrogen-bond donors (Lipinski definition) is 0. The van der Waals surface area contributed by atoms with Crippen LogP contribution in [0.3, 0.4) is 0 Å². The van der Waals surface area contributed by atoms with Crippen molar-refractivity contribution in [1.29, 1.82) is 0 Å². The molecule has 1 saturated heterocycles. The molecule has 0 aliphatic carbocycles. The second-order valence-corrected chi connectivity index (χ2v) is 3.20. The van der Waals surface area contributed by atoms with Crippen molar-refractivity contribution in [2.75, 3.05) is 12.4 Å². The van der Waals surface area contributed by atoms with E-state index in [1.165, 1.54) is 23.2 Å². The van der Waals surface area contributed by atoms with Gasteiger partial charge in [-0.05, 0) is 6.42 Å². The third-order valence-corrected chi connectivity index (χ3v) is 2.44. The number of rotatable bonds is 0. The Morgan fingerprint density at radius 2 is 2.50 bits per heavy atom. The lowest BCUT2D eigenvalue weighted by Gasteiger charge is -2.05. The highest BCUT2D eigenvalue weighted by Crippen LogP contribution is 2.27. The van der Waals surface area contributed by atoms with E-state index in [2.05, 4.69) is 0 Å². The lowest BCUT2D eigenvalue weighted by atomic mass is 10.5. The van der Waals surface area contributed by atoms with Gasteiger partial charge in [-0.1, -0.05) is 10.8 Å². The van der Waals surface area contributed by atoms with E-state index in [0.29, 0.717) is 0 Å².